The lowest BCUT2D eigenvalue weighted by atomic mass is 9.73. The molecule has 2 nitrogen and oxygen atoms in total. The van der Waals surface area contributed by atoms with E-state index in [-0.39, 0.29) is 12.0 Å². The van der Waals surface area contributed by atoms with Gasteiger partial charge in [0.25, 0.3) is 0 Å². The van der Waals surface area contributed by atoms with Crippen molar-refractivity contribution < 1.29 is 17.6 Å². The van der Waals surface area contributed by atoms with Gasteiger partial charge >= 0.3 is 6.18 Å². The van der Waals surface area contributed by atoms with E-state index in [9.17, 15) is 17.6 Å². The number of halogens is 4. The molecule has 1 aliphatic rings. The Morgan fingerprint density at radius 2 is 2.00 bits per heavy atom. The zero-order valence-corrected chi connectivity index (χ0v) is 11.3. The quantitative estimate of drug-likeness (QED) is 0.855. The summed E-state index contributed by atoms with van der Waals surface area (Å²) in [5.74, 6) is -2.56. The first-order valence-electron chi connectivity index (χ1n) is 6.78. The van der Waals surface area contributed by atoms with Gasteiger partial charge in [-0.25, -0.2) is 4.39 Å². The van der Waals surface area contributed by atoms with E-state index in [0.717, 1.165) is 12.6 Å². The molecule has 0 spiro atoms. The molecular formula is C14H18F4N2. The number of hydrogen-bond donors (Lipinski definition) is 1. The predicted molar refractivity (Wildman–Crippen MR) is 67.5 cm³/mol. The Balaban J connectivity index is 2.32. The molecule has 0 amide bonds. The molecule has 0 aliphatic heterocycles. The molecule has 112 valence electrons. The van der Waals surface area contributed by atoms with Crippen molar-refractivity contribution in [1.82, 2.24) is 10.3 Å². The number of hydrogen-bond acceptors (Lipinski definition) is 2. The monoisotopic (exact) mass is 290 g/mol. The Bertz CT molecular complexity index is 447. The second-order valence-corrected chi connectivity index (χ2v) is 5.26. The largest absolute Gasteiger partial charge is 0.392 e. The lowest BCUT2D eigenvalue weighted by Gasteiger charge is -2.38. The summed E-state index contributed by atoms with van der Waals surface area (Å²) in [5, 5.41) is 2.86. The van der Waals surface area contributed by atoms with Gasteiger partial charge in [-0.2, -0.15) is 13.2 Å². The molecule has 20 heavy (non-hydrogen) atoms. The molecule has 3 unspecified atom stereocenters. The summed E-state index contributed by atoms with van der Waals surface area (Å²) in [7, 11) is 1.58. The van der Waals surface area contributed by atoms with E-state index >= 15 is 0 Å². The second kappa shape index (κ2) is 6.08. The van der Waals surface area contributed by atoms with Crippen molar-refractivity contribution in [2.75, 3.05) is 7.05 Å². The van der Waals surface area contributed by atoms with Crippen LogP contribution in [0.5, 0.6) is 0 Å². The molecule has 1 heterocycles. The fourth-order valence-corrected chi connectivity index (χ4v) is 3.20. The van der Waals surface area contributed by atoms with Gasteiger partial charge in [-0.1, -0.05) is 12.8 Å². The van der Waals surface area contributed by atoms with E-state index in [1.165, 1.54) is 12.3 Å². The Kier molecular flexibility index (Phi) is 4.62. The Labute approximate surface area is 115 Å². The number of alkyl halides is 3. The first kappa shape index (κ1) is 15.2. The average molecular weight is 290 g/mol. The molecule has 3 atom stereocenters. The minimum Gasteiger partial charge on any atom is -0.313 e. The van der Waals surface area contributed by atoms with E-state index in [0.29, 0.717) is 12.8 Å². The predicted octanol–water partition coefficient (Wildman–Crippen LogP) is 3.85. The highest BCUT2D eigenvalue weighted by molar-refractivity contribution is 5.19. The van der Waals surface area contributed by atoms with Crippen molar-refractivity contribution in [1.29, 1.82) is 0 Å². The highest BCUT2D eigenvalue weighted by atomic mass is 19.4. The summed E-state index contributed by atoms with van der Waals surface area (Å²) in [6, 6.07) is 0.823. The number of rotatable bonds is 3. The first-order valence-corrected chi connectivity index (χ1v) is 6.78. The standard InChI is InChI=1S/C14H18F4N2/c1-19-13(10-6-7-20-8-12(10)15)9-4-2-3-5-11(9)14(16,17)18/h6-9,11,13,19H,2-5H2,1H3. The summed E-state index contributed by atoms with van der Waals surface area (Å²) in [4.78, 5) is 3.65. The van der Waals surface area contributed by atoms with Crippen LogP contribution in [0.3, 0.4) is 0 Å². The third kappa shape index (κ3) is 3.11. The Hall–Kier alpha value is -1.17. The third-order valence-electron chi connectivity index (χ3n) is 4.12. The van der Waals surface area contributed by atoms with Crippen LogP contribution in [0, 0.1) is 17.7 Å². The number of aromatic nitrogens is 1. The topological polar surface area (TPSA) is 24.9 Å². The van der Waals surface area contributed by atoms with Crippen LogP contribution in [0.15, 0.2) is 18.5 Å². The lowest BCUT2D eigenvalue weighted by molar-refractivity contribution is -0.199. The molecule has 1 aliphatic carbocycles. The summed E-state index contributed by atoms with van der Waals surface area (Å²) < 4.78 is 53.3. The summed E-state index contributed by atoms with van der Waals surface area (Å²) in [6.07, 6.45) is 0.136. The van der Waals surface area contributed by atoms with Gasteiger partial charge in [-0.15, -0.1) is 0 Å². The van der Waals surface area contributed by atoms with E-state index in [1.54, 1.807) is 7.05 Å². The molecule has 2 rings (SSSR count). The Morgan fingerprint density at radius 1 is 1.30 bits per heavy atom. The molecule has 0 aromatic carbocycles. The smallest absolute Gasteiger partial charge is 0.313 e. The molecule has 0 bridgehead atoms. The fraction of sp³-hybridized carbons (Fsp3) is 0.643. The molecule has 1 aromatic heterocycles. The minimum absolute atomic E-state index is 0.124. The van der Waals surface area contributed by atoms with Gasteiger partial charge in [0.2, 0.25) is 0 Å². The van der Waals surface area contributed by atoms with Crippen LogP contribution in [-0.2, 0) is 0 Å². The van der Waals surface area contributed by atoms with E-state index < -0.39 is 29.9 Å². The van der Waals surface area contributed by atoms with E-state index in [1.807, 2.05) is 0 Å². The minimum atomic E-state index is -4.23. The van der Waals surface area contributed by atoms with Crippen LogP contribution in [0.25, 0.3) is 0 Å². The van der Waals surface area contributed by atoms with Crippen molar-refractivity contribution in [2.24, 2.45) is 11.8 Å². The van der Waals surface area contributed by atoms with Crippen molar-refractivity contribution in [2.45, 2.75) is 37.9 Å². The maximum atomic E-state index is 13.8. The van der Waals surface area contributed by atoms with Gasteiger partial charge in [0, 0.05) is 17.8 Å². The molecule has 1 N–H and O–H groups in total. The molecule has 1 aromatic rings. The van der Waals surface area contributed by atoms with Crippen LogP contribution in [0.1, 0.15) is 37.3 Å². The van der Waals surface area contributed by atoms with Crippen LogP contribution in [-0.4, -0.2) is 18.2 Å². The van der Waals surface area contributed by atoms with Crippen molar-refractivity contribution >= 4 is 0 Å². The number of nitrogens with one attached hydrogen (secondary N) is 1. The molecular weight excluding hydrogens is 272 g/mol. The summed E-state index contributed by atoms with van der Waals surface area (Å²) in [5.41, 5.74) is 0.267. The van der Waals surface area contributed by atoms with Crippen molar-refractivity contribution in [3.63, 3.8) is 0 Å². The van der Waals surface area contributed by atoms with Gasteiger partial charge in [0.1, 0.15) is 5.82 Å². The molecule has 1 saturated carbocycles. The molecule has 6 heteroatoms. The van der Waals surface area contributed by atoms with Gasteiger partial charge in [-0.3, -0.25) is 4.98 Å². The third-order valence-corrected chi connectivity index (χ3v) is 4.12. The van der Waals surface area contributed by atoms with Crippen LogP contribution in [0.4, 0.5) is 17.6 Å². The zero-order valence-electron chi connectivity index (χ0n) is 11.3. The van der Waals surface area contributed by atoms with Crippen LogP contribution >= 0.6 is 0 Å². The molecule has 0 saturated heterocycles. The Morgan fingerprint density at radius 3 is 2.60 bits per heavy atom. The molecule has 0 radical (unpaired) electrons. The summed E-state index contributed by atoms with van der Waals surface area (Å²) in [6.45, 7) is 0. The normalized spacial score (nSPS) is 25.4. The van der Waals surface area contributed by atoms with Gasteiger partial charge in [0.05, 0.1) is 12.1 Å². The maximum absolute atomic E-state index is 13.8. The SMILES string of the molecule is CNC(c1ccncc1F)C1CCCCC1C(F)(F)F. The number of nitrogens with zero attached hydrogens (tertiary/aromatic N) is 1. The highest BCUT2D eigenvalue weighted by Gasteiger charge is 2.48. The average Bonchev–Trinajstić information content (AvgIpc) is 2.41. The van der Waals surface area contributed by atoms with Gasteiger partial charge in [-0.05, 0) is 31.9 Å². The molecule has 1 fully saturated rings. The van der Waals surface area contributed by atoms with Crippen molar-refractivity contribution in [3.05, 3.63) is 29.8 Å². The fourth-order valence-electron chi connectivity index (χ4n) is 3.20. The van der Waals surface area contributed by atoms with Gasteiger partial charge < -0.3 is 5.32 Å². The van der Waals surface area contributed by atoms with Crippen molar-refractivity contribution in [3.8, 4) is 0 Å². The van der Waals surface area contributed by atoms with E-state index in [2.05, 4.69) is 10.3 Å². The lowest BCUT2D eigenvalue weighted by Crippen LogP contribution is -2.40. The van der Waals surface area contributed by atoms with Crippen LogP contribution < -0.4 is 5.32 Å². The highest BCUT2D eigenvalue weighted by Crippen LogP contribution is 2.46. The van der Waals surface area contributed by atoms with Crippen LogP contribution in [0.2, 0.25) is 0 Å². The first-order chi connectivity index (χ1) is 9.45. The summed E-state index contributed by atoms with van der Waals surface area (Å²) >= 11 is 0. The maximum Gasteiger partial charge on any atom is 0.392 e. The van der Waals surface area contributed by atoms with E-state index in [4.69, 9.17) is 0 Å². The van der Waals surface area contributed by atoms with Gasteiger partial charge in [0.15, 0.2) is 0 Å². The zero-order chi connectivity index (χ0) is 14.8. The number of pyridine rings is 1. The second-order valence-electron chi connectivity index (χ2n) is 5.26.